The highest BCUT2D eigenvalue weighted by Gasteiger charge is 2.31. The van der Waals surface area contributed by atoms with Gasteiger partial charge in [-0.25, -0.2) is 19.9 Å². The van der Waals surface area contributed by atoms with Crippen molar-refractivity contribution in [3.8, 4) is 5.95 Å². The van der Waals surface area contributed by atoms with E-state index in [0.29, 0.717) is 11.8 Å². The predicted octanol–water partition coefficient (Wildman–Crippen LogP) is 2.23. The minimum absolute atomic E-state index is 0.215. The van der Waals surface area contributed by atoms with Crippen molar-refractivity contribution in [2.24, 2.45) is 0 Å². The Morgan fingerprint density at radius 3 is 2.27 bits per heavy atom. The minimum Gasteiger partial charge on any atom is -0.385 e. The largest absolute Gasteiger partial charge is 0.385 e. The number of hydrogen-bond donors (Lipinski definition) is 1. The molecule has 0 amide bonds. The first-order valence-electron chi connectivity index (χ1n) is 10.2. The number of aryl methyl sites for hydroxylation is 2. The van der Waals surface area contributed by atoms with Gasteiger partial charge in [-0.2, -0.15) is 4.98 Å². The Morgan fingerprint density at radius 2 is 1.63 bits per heavy atom. The van der Waals surface area contributed by atoms with Crippen LogP contribution in [0.15, 0.2) is 30.7 Å². The van der Waals surface area contributed by atoms with Gasteiger partial charge in [-0.3, -0.25) is 4.57 Å². The van der Waals surface area contributed by atoms with E-state index in [1.807, 2.05) is 36.7 Å². The van der Waals surface area contributed by atoms with Crippen molar-refractivity contribution in [2.75, 3.05) is 22.9 Å². The van der Waals surface area contributed by atoms with E-state index in [0.717, 1.165) is 36.2 Å². The minimum atomic E-state index is -0.684. The van der Waals surface area contributed by atoms with E-state index in [-0.39, 0.29) is 12.1 Å². The molecule has 30 heavy (non-hydrogen) atoms. The van der Waals surface area contributed by atoms with Crippen LogP contribution in [0.5, 0.6) is 0 Å². The summed E-state index contributed by atoms with van der Waals surface area (Å²) in [5, 5.41) is 9.81. The van der Waals surface area contributed by atoms with E-state index >= 15 is 0 Å². The third kappa shape index (κ3) is 3.85. The molecule has 3 aromatic heterocycles. The fraction of sp³-hybridized carbons (Fsp3) is 0.476. The molecule has 158 valence electrons. The average Bonchev–Trinajstić information content (AvgIpc) is 3.06. The molecule has 1 saturated heterocycles. The molecule has 0 bridgehead atoms. The standard InChI is InChI=1S/C21H28N8O/c1-13-10-28(17(5)24-13)21-23-9-7-19(26-21)29-14(2)11-27(12-15(29)3)18-6-8-22-20(25-18)16(4)30/h6-10,14-16,30H,11-12H2,1-5H3/t14-,15+,16-/m1/s1. The Bertz CT molecular complexity index is 1020. The van der Waals surface area contributed by atoms with Gasteiger partial charge in [-0.15, -0.1) is 0 Å². The summed E-state index contributed by atoms with van der Waals surface area (Å²) in [5.41, 5.74) is 0.943. The number of aliphatic hydroxyl groups excluding tert-OH is 1. The molecule has 9 nitrogen and oxygen atoms in total. The Balaban J connectivity index is 1.58. The molecular weight excluding hydrogens is 380 g/mol. The van der Waals surface area contributed by atoms with Crippen molar-refractivity contribution in [1.29, 1.82) is 0 Å². The summed E-state index contributed by atoms with van der Waals surface area (Å²) >= 11 is 0. The van der Waals surface area contributed by atoms with Crippen LogP contribution in [0.3, 0.4) is 0 Å². The van der Waals surface area contributed by atoms with E-state index in [1.54, 1.807) is 19.3 Å². The highest BCUT2D eigenvalue weighted by atomic mass is 16.3. The summed E-state index contributed by atoms with van der Waals surface area (Å²) in [6.45, 7) is 11.6. The van der Waals surface area contributed by atoms with Gasteiger partial charge >= 0.3 is 0 Å². The van der Waals surface area contributed by atoms with Gasteiger partial charge in [0.1, 0.15) is 23.6 Å². The van der Waals surface area contributed by atoms with Crippen molar-refractivity contribution in [2.45, 2.75) is 52.8 Å². The van der Waals surface area contributed by atoms with Crippen LogP contribution in [0.2, 0.25) is 0 Å². The first-order chi connectivity index (χ1) is 14.3. The number of hydrogen-bond acceptors (Lipinski definition) is 8. The first kappa shape index (κ1) is 20.2. The molecule has 4 heterocycles. The lowest BCUT2D eigenvalue weighted by molar-refractivity contribution is 0.189. The van der Waals surface area contributed by atoms with Crippen molar-refractivity contribution in [3.05, 3.63) is 48.1 Å². The summed E-state index contributed by atoms with van der Waals surface area (Å²) in [7, 11) is 0. The third-order valence-electron chi connectivity index (χ3n) is 5.39. The molecule has 0 aliphatic carbocycles. The molecule has 1 N–H and O–H groups in total. The van der Waals surface area contributed by atoms with E-state index < -0.39 is 6.10 Å². The van der Waals surface area contributed by atoms with Gasteiger partial charge in [-0.1, -0.05) is 0 Å². The van der Waals surface area contributed by atoms with Crippen LogP contribution < -0.4 is 9.80 Å². The topological polar surface area (TPSA) is 96.1 Å². The van der Waals surface area contributed by atoms with Crippen molar-refractivity contribution < 1.29 is 5.11 Å². The number of nitrogens with zero attached hydrogens (tertiary/aromatic N) is 8. The van der Waals surface area contributed by atoms with E-state index in [2.05, 4.69) is 43.6 Å². The maximum Gasteiger partial charge on any atom is 0.237 e. The smallest absolute Gasteiger partial charge is 0.237 e. The molecule has 0 saturated carbocycles. The summed E-state index contributed by atoms with van der Waals surface area (Å²) in [6, 6.07) is 4.29. The van der Waals surface area contributed by atoms with Gasteiger partial charge in [0.15, 0.2) is 5.82 Å². The van der Waals surface area contributed by atoms with Crippen LogP contribution in [-0.2, 0) is 0 Å². The van der Waals surface area contributed by atoms with Gasteiger partial charge < -0.3 is 14.9 Å². The Hall–Kier alpha value is -3.07. The number of piperazine rings is 1. The SMILES string of the molecule is Cc1cn(-c2nccc(N3[C@H](C)CN(c4ccnc([C@@H](C)O)n4)C[C@@H]3C)n2)c(C)n1. The van der Waals surface area contributed by atoms with Gasteiger partial charge in [-0.05, 0) is 46.8 Å². The monoisotopic (exact) mass is 408 g/mol. The Kier molecular flexibility index (Phi) is 5.38. The molecule has 3 atom stereocenters. The normalized spacial score (nSPS) is 20.5. The molecule has 0 spiro atoms. The Morgan fingerprint density at radius 1 is 0.967 bits per heavy atom. The fourth-order valence-electron chi connectivity index (χ4n) is 4.12. The third-order valence-corrected chi connectivity index (χ3v) is 5.39. The zero-order valence-corrected chi connectivity index (χ0v) is 18.1. The van der Waals surface area contributed by atoms with Crippen LogP contribution in [0.25, 0.3) is 5.95 Å². The second kappa shape index (κ2) is 7.98. The second-order valence-corrected chi connectivity index (χ2v) is 7.97. The van der Waals surface area contributed by atoms with Crippen molar-refractivity contribution >= 4 is 11.6 Å². The van der Waals surface area contributed by atoms with Crippen LogP contribution >= 0.6 is 0 Å². The highest BCUT2D eigenvalue weighted by molar-refractivity contribution is 5.48. The van der Waals surface area contributed by atoms with Crippen LogP contribution in [0.1, 0.15) is 44.2 Å². The number of imidazole rings is 1. The highest BCUT2D eigenvalue weighted by Crippen LogP contribution is 2.26. The van der Waals surface area contributed by atoms with Gasteiger partial charge in [0, 0.05) is 43.8 Å². The van der Waals surface area contributed by atoms with Gasteiger partial charge in [0.25, 0.3) is 0 Å². The van der Waals surface area contributed by atoms with Gasteiger partial charge in [0.2, 0.25) is 5.95 Å². The van der Waals surface area contributed by atoms with Crippen LogP contribution in [0, 0.1) is 13.8 Å². The van der Waals surface area contributed by atoms with Crippen LogP contribution in [0.4, 0.5) is 11.6 Å². The molecule has 0 aromatic carbocycles. The van der Waals surface area contributed by atoms with E-state index in [4.69, 9.17) is 4.98 Å². The average molecular weight is 409 g/mol. The maximum atomic E-state index is 9.81. The van der Waals surface area contributed by atoms with E-state index in [9.17, 15) is 5.11 Å². The summed E-state index contributed by atoms with van der Waals surface area (Å²) in [5.74, 6) is 3.68. The molecule has 1 aliphatic heterocycles. The van der Waals surface area contributed by atoms with Gasteiger partial charge in [0.05, 0.1) is 5.69 Å². The van der Waals surface area contributed by atoms with E-state index in [1.165, 1.54) is 0 Å². The summed E-state index contributed by atoms with van der Waals surface area (Å²) < 4.78 is 1.92. The molecule has 1 fully saturated rings. The lowest BCUT2D eigenvalue weighted by atomic mass is 10.1. The van der Waals surface area contributed by atoms with Crippen molar-refractivity contribution in [1.82, 2.24) is 29.5 Å². The summed E-state index contributed by atoms with van der Waals surface area (Å²) in [4.78, 5) is 27.0. The number of rotatable bonds is 4. The molecule has 0 unspecified atom stereocenters. The molecule has 9 heteroatoms. The van der Waals surface area contributed by atoms with Crippen LogP contribution in [-0.4, -0.2) is 59.8 Å². The number of aliphatic hydroxyl groups is 1. The second-order valence-electron chi connectivity index (χ2n) is 7.97. The van der Waals surface area contributed by atoms with Crippen molar-refractivity contribution in [3.63, 3.8) is 0 Å². The first-order valence-corrected chi connectivity index (χ1v) is 10.2. The predicted molar refractivity (Wildman–Crippen MR) is 115 cm³/mol. The summed E-state index contributed by atoms with van der Waals surface area (Å²) in [6.07, 6.45) is 4.78. The molecule has 4 rings (SSSR count). The molecule has 1 aliphatic rings. The number of aromatic nitrogens is 6. The molecular formula is C21H28N8O. The lowest BCUT2D eigenvalue weighted by Crippen LogP contribution is -2.57. The zero-order valence-electron chi connectivity index (χ0n) is 18.1. The lowest BCUT2D eigenvalue weighted by Gasteiger charge is -2.45. The number of anilines is 2. The maximum absolute atomic E-state index is 9.81. The quantitative estimate of drug-likeness (QED) is 0.702. The molecule has 0 radical (unpaired) electrons. The molecule has 3 aromatic rings. The Labute approximate surface area is 176 Å². The fourth-order valence-corrected chi connectivity index (χ4v) is 4.12. The zero-order chi connectivity index (χ0) is 21.4.